The van der Waals surface area contributed by atoms with Crippen LogP contribution in [-0.2, 0) is 16.4 Å². The summed E-state index contributed by atoms with van der Waals surface area (Å²) in [6.45, 7) is 2.76. The maximum atomic E-state index is 12.7. The van der Waals surface area contributed by atoms with Gasteiger partial charge < -0.3 is 5.32 Å². The van der Waals surface area contributed by atoms with Gasteiger partial charge in [0.2, 0.25) is 0 Å². The highest BCUT2D eigenvalue weighted by atomic mass is 35.5. The molecule has 6 nitrogen and oxygen atoms in total. The van der Waals surface area contributed by atoms with Gasteiger partial charge in [0.1, 0.15) is 0 Å². The fourth-order valence-electron chi connectivity index (χ4n) is 3.48. The molecule has 0 bridgehead atoms. The van der Waals surface area contributed by atoms with Gasteiger partial charge in [0.15, 0.2) is 10.3 Å². The second-order valence-electron chi connectivity index (χ2n) is 7.78. The molecule has 4 aromatic rings. The van der Waals surface area contributed by atoms with Gasteiger partial charge in [-0.2, -0.15) is 0 Å². The largest absolute Gasteiger partial charge is 0.361 e. The summed E-state index contributed by atoms with van der Waals surface area (Å²) in [5.41, 5.74) is 3.18. The van der Waals surface area contributed by atoms with E-state index in [2.05, 4.69) is 44.3 Å². The molecule has 0 saturated carbocycles. The number of nitrogens with one attached hydrogen (secondary N) is 2. The van der Waals surface area contributed by atoms with Crippen molar-refractivity contribution >= 4 is 43.8 Å². The summed E-state index contributed by atoms with van der Waals surface area (Å²) < 4.78 is 28.0. The number of anilines is 2. The molecule has 0 amide bonds. The number of hydrogen-bond donors (Lipinski definition) is 2. The number of halogens is 1. The van der Waals surface area contributed by atoms with Crippen molar-refractivity contribution in [1.82, 2.24) is 9.97 Å². The minimum Gasteiger partial charge on any atom is -0.361 e. The summed E-state index contributed by atoms with van der Waals surface area (Å²) in [4.78, 5) is 9.89. The second-order valence-corrected chi connectivity index (χ2v) is 10.8. The van der Waals surface area contributed by atoms with E-state index < -0.39 is 10.0 Å². The Morgan fingerprint density at radius 3 is 2.44 bits per heavy atom. The van der Waals surface area contributed by atoms with Crippen molar-refractivity contribution in [3.05, 3.63) is 89.3 Å². The Morgan fingerprint density at radius 2 is 1.71 bits per heavy atom. The molecule has 2 aromatic heterocycles. The third-order valence-electron chi connectivity index (χ3n) is 5.21. The van der Waals surface area contributed by atoms with E-state index in [1.807, 2.05) is 13.0 Å². The SMILES string of the molecule is Cc1nc(NCCCCc2ccccc2)sc1-c1cnc(Cl)c(NS(=O)(=O)c2ccccc2)c1. The van der Waals surface area contributed by atoms with Crippen LogP contribution in [0, 0.1) is 6.92 Å². The van der Waals surface area contributed by atoms with Crippen molar-refractivity contribution in [2.75, 3.05) is 16.6 Å². The first-order valence-electron chi connectivity index (χ1n) is 10.9. The Bertz CT molecular complexity index is 1340. The van der Waals surface area contributed by atoms with Gasteiger partial charge in [-0.25, -0.2) is 18.4 Å². The number of benzene rings is 2. The summed E-state index contributed by atoms with van der Waals surface area (Å²) in [6, 6.07) is 20.3. The van der Waals surface area contributed by atoms with Crippen LogP contribution in [-0.4, -0.2) is 24.9 Å². The lowest BCUT2D eigenvalue weighted by atomic mass is 10.1. The van der Waals surface area contributed by atoms with Gasteiger partial charge in [-0.3, -0.25) is 4.72 Å². The number of aromatic nitrogens is 2. The zero-order valence-corrected chi connectivity index (χ0v) is 21.1. The molecule has 0 unspecified atom stereocenters. The monoisotopic (exact) mass is 512 g/mol. The zero-order chi connectivity index (χ0) is 24.0. The molecule has 0 fully saturated rings. The Balaban J connectivity index is 1.41. The van der Waals surface area contributed by atoms with Crippen LogP contribution >= 0.6 is 22.9 Å². The fraction of sp³-hybridized carbons (Fsp3) is 0.200. The summed E-state index contributed by atoms with van der Waals surface area (Å²) >= 11 is 7.72. The summed E-state index contributed by atoms with van der Waals surface area (Å²) in [6.07, 6.45) is 4.83. The first-order valence-corrected chi connectivity index (χ1v) is 13.6. The highest BCUT2D eigenvalue weighted by molar-refractivity contribution is 7.92. The number of aryl methyl sites for hydroxylation is 2. The van der Waals surface area contributed by atoms with Gasteiger partial charge in [-0.05, 0) is 49.9 Å². The van der Waals surface area contributed by atoms with E-state index in [-0.39, 0.29) is 15.7 Å². The van der Waals surface area contributed by atoms with Crippen LogP contribution < -0.4 is 10.0 Å². The van der Waals surface area contributed by atoms with E-state index in [1.165, 1.54) is 29.0 Å². The second kappa shape index (κ2) is 11.0. The van der Waals surface area contributed by atoms with Crippen LogP contribution in [0.4, 0.5) is 10.8 Å². The molecule has 0 radical (unpaired) electrons. The van der Waals surface area contributed by atoms with Crippen molar-refractivity contribution in [2.45, 2.75) is 31.1 Å². The highest BCUT2D eigenvalue weighted by Crippen LogP contribution is 2.35. The number of sulfonamides is 1. The van der Waals surface area contributed by atoms with Gasteiger partial charge in [-0.1, -0.05) is 71.5 Å². The maximum Gasteiger partial charge on any atom is 0.261 e. The number of nitrogens with zero attached hydrogens (tertiary/aromatic N) is 2. The zero-order valence-electron chi connectivity index (χ0n) is 18.7. The van der Waals surface area contributed by atoms with Gasteiger partial charge in [0.05, 0.1) is 21.2 Å². The molecule has 2 N–H and O–H groups in total. The Morgan fingerprint density at radius 1 is 1.00 bits per heavy atom. The van der Waals surface area contributed by atoms with Crippen molar-refractivity contribution in [2.24, 2.45) is 0 Å². The van der Waals surface area contributed by atoms with Crippen LogP contribution in [0.15, 0.2) is 77.8 Å². The lowest BCUT2D eigenvalue weighted by molar-refractivity contribution is 0.601. The molecule has 176 valence electrons. The molecule has 0 saturated heterocycles. The molecule has 2 heterocycles. The van der Waals surface area contributed by atoms with E-state index in [9.17, 15) is 8.42 Å². The first-order chi connectivity index (χ1) is 16.4. The molecule has 4 rings (SSSR count). The molecule has 0 spiro atoms. The molecule has 0 aliphatic heterocycles. The molecule has 0 atom stereocenters. The van der Waals surface area contributed by atoms with Crippen LogP contribution in [0.25, 0.3) is 10.4 Å². The molecule has 34 heavy (non-hydrogen) atoms. The topological polar surface area (TPSA) is 84.0 Å². The van der Waals surface area contributed by atoms with Crippen LogP contribution in [0.1, 0.15) is 24.1 Å². The Labute approximate surface area is 209 Å². The minimum atomic E-state index is -3.78. The minimum absolute atomic E-state index is 0.0854. The smallest absolute Gasteiger partial charge is 0.261 e. The number of pyridine rings is 1. The Kier molecular flexibility index (Phi) is 7.82. The van der Waals surface area contributed by atoms with Gasteiger partial charge >= 0.3 is 0 Å². The quantitative estimate of drug-likeness (QED) is 0.190. The molecular weight excluding hydrogens is 488 g/mol. The van der Waals surface area contributed by atoms with Crippen LogP contribution in [0.5, 0.6) is 0 Å². The third-order valence-corrected chi connectivity index (χ3v) is 8.05. The molecule has 9 heteroatoms. The van der Waals surface area contributed by atoms with Crippen molar-refractivity contribution in [3.63, 3.8) is 0 Å². The highest BCUT2D eigenvalue weighted by Gasteiger charge is 2.18. The average molecular weight is 513 g/mol. The third kappa shape index (κ3) is 6.14. The molecule has 0 aliphatic rings. The predicted molar refractivity (Wildman–Crippen MR) is 140 cm³/mol. The molecular formula is C25H25ClN4O2S2. The Hall–Kier alpha value is -2.94. The first kappa shape index (κ1) is 24.2. The predicted octanol–water partition coefficient (Wildman–Crippen LogP) is 6.40. The molecule has 2 aromatic carbocycles. The van der Waals surface area contributed by atoms with E-state index in [1.54, 1.807) is 30.5 Å². The van der Waals surface area contributed by atoms with E-state index in [4.69, 9.17) is 11.6 Å². The molecule has 0 aliphatic carbocycles. The van der Waals surface area contributed by atoms with Gasteiger partial charge in [0, 0.05) is 18.3 Å². The fourth-order valence-corrected chi connectivity index (χ4v) is 5.74. The summed E-state index contributed by atoms with van der Waals surface area (Å²) in [5.74, 6) is 0. The van der Waals surface area contributed by atoms with Crippen molar-refractivity contribution in [3.8, 4) is 10.4 Å². The number of hydrogen-bond acceptors (Lipinski definition) is 6. The lowest BCUT2D eigenvalue weighted by Crippen LogP contribution is -2.13. The van der Waals surface area contributed by atoms with E-state index in [0.29, 0.717) is 0 Å². The summed E-state index contributed by atoms with van der Waals surface area (Å²) in [5, 5.41) is 4.31. The normalized spacial score (nSPS) is 11.4. The number of rotatable bonds is 10. The number of thiazole rings is 1. The maximum absolute atomic E-state index is 12.7. The standard InChI is InChI=1S/C25H25ClN4O2S2/c1-18-23(33-25(29-18)27-15-9-8-12-19-10-4-2-5-11-19)20-16-22(24(26)28-17-20)30-34(31,32)21-13-6-3-7-14-21/h2-7,10-11,13-14,16-17,30H,8-9,12,15H2,1H3,(H,27,29). The van der Waals surface area contributed by atoms with Gasteiger partial charge in [-0.15, -0.1) is 0 Å². The summed E-state index contributed by atoms with van der Waals surface area (Å²) in [7, 11) is -3.78. The number of unbranched alkanes of at least 4 members (excludes halogenated alkanes) is 1. The average Bonchev–Trinajstić information content (AvgIpc) is 3.21. The van der Waals surface area contributed by atoms with Crippen molar-refractivity contribution < 1.29 is 8.42 Å². The van der Waals surface area contributed by atoms with E-state index >= 15 is 0 Å². The van der Waals surface area contributed by atoms with Crippen LogP contribution in [0.2, 0.25) is 5.15 Å². The van der Waals surface area contributed by atoms with E-state index in [0.717, 1.165) is 47.1 Å². The lowest BCUT2D eigenvalue weighted by Gasteiger charge is -2.10. The van der Waals surface area contributed by atoms with Crippen molar-refractivity contribution in [1.29, 1.82) is 0 Å². The van der Waals surface area contributed by atoms with Crippen LogP contribution in [0.3, 0.4) is 0 Å². The van der Waals surface area contributed by atoms with Gasteiger partial charge in [0.25, 0.3) is 10.0 Å².